The summed E-state index contributed by atoms with van der Waals surface area (Å²) in [4.78, 5) is 26.3. The molecule has 0 spiro atoms. The van der Waals surface area contributed by atoms with Gasteiger partial charge in [-0.15, -0.1) is 0 Å². The van der Waals surface area contributed by atoms with Crippen LogP contribution in [0.4, 0.5) is 10.5 Å². The second-order valence-corrected chi connectivity index (χ2v) is 7.20. The summed E-state index contributed by atoms with van der Waals surface area (Å²) in [7, 11) is 2.88. The number of rotatable bonds is 4. The molecule has 0 radical (unpaired) electrons. The normalized spacial score (nSPS) is 27.2. The minimum absolute atomic E-state index is 0.104. The van der Waals surface area contributed by atoms with Gasteiger partial charge in [-0.1, -0.05) is 12.1 Å². The highest BCUT2D eigenvalue weighted by Crippen LogP contribution is 2.29. The number of hydrogen-bond donors (Lipinski definition) is 2. The van der Waals surface area contributed by atoms with Crippen molar-refractivity contribution in [2.75, 3.05) is 39.3 Å². The van der Waals surface area contributed by atoms with Crippen LogP contribution < -0.4 is 10.1 Å². The summed E-state index contributed by atoms with van der Waals surface area (Å²) in [5, 5.41) is 13.1. The van der Waals surface area contributed by atoms with E-state index in [9.17, 15) is 14.7 Å². The van der Waals surface area contributed by atoms with Crippen LogP contribution in [-0.4, -0.2) is 80.3 Å². The number of hydrogen-bond acceptors (Lipinski definition) is 7. The number of methoxy groups -OCH3 is 2. The van der Waals surface area contributed by atoms with Crippen molar-refractivity contribution >= 4 is 17.7 Å². The zero-order valence-corrected chi connectivity index (χ0v) is 16.7. The van der Waals surface area contributed by atoms with Crippen LogP contribution in [0.1, 0.15) is 19.3 Å². The molecule has 0 saturated carbocycles. The first-order chi connectivity index (χ1) is 14.0. The van der Waals surface area contributed by atoms with Crippen LogP contribution in [0.15, 0.2) is 24.3 Å². The summed E-state index contributed by atoms with van der Waals surface area (Å²) in [6.45, 7) is 0.456. The Hall–Kier alpha value is -2.36. The number of β-amino-alcohol motifs (C(OH)–C–C–N with tert-alkyl or cyclic N) is 1. The first-order valence-corrected chi connectivity index (χ1v) is 9.70. The Balaban J connectivity index is 1.74. The van der Waals surface area contributed by atoms with E-state index in [1.54, 1.807) is 23.1 Å². The number of esters is 1. The van der Waals surface area contributed by atoms with Crippen molar-refractivity contribution in [1.29, 1.82) is 0 Å². The van der Waals surface area contributed by atoms with Gasteiger partial charge in [0, 0.05) is 0 Å². The zero-order valence-electron chi connectivity index (χ0n) is 16.7. The van der Waals surface area contributed by atoms with Gasteiger partial charge in [-0.05, 0) is 25.0 Å². The van der Waals surface area contributed by atoms with Gasteiger partial charge >= 0.3 is 12.0 Å². The van der Waals surface area contributed by atoms with Crippen molar-refractivity contribution in [3.63, 3.8) is 0 Å². The number of anilines is 1. The molecule has 2 heterocycles. The minimum Gasteiger partial charge on any atom is -0.495 e. The molecule has 9 heteroatoms. The van der Waals surface area contributed by atoms with E-state index in [4.69, 9.17) is 18.9 Å². The van der Waals surface area contributed by atoms with Crippen LogP contribution in [0.25, 0.3) is 0 Å². The van der Waals surface area contributed by atoms with Gasteiger partial charge in [0.25, 0.3) is 0 Å². The molecule has 2 N–H and O–H groups in total. The Morgan fingerprint density at radius 3 is 2.79 bits per heavy atom. The number of ether oxygens (including phenoxy) is 4. The molecule has 2 saturated heterocycles. The van der Waals surface area contributed by atoms with E-state index < -0.39 is 12.2 Å². The monoisotopic (exact) mass is 408 g/mol. The number of carbonyl (C=O) groups is 2. The third-order valence-corrected chi connectivity index (χ3v) is 5.21. The van der Waals surface area contributed by atoms with Crippen LogP contribution in [0, 0.1) is 0 Å². The summed E-state index contributed by atoms with van der Waals surface area (Å²) < 4.78 is 21.6. The van der Waals surface area contributed by atoms with Crippen LogP contribution >= 0.6 is 0 Å². The molecular formula is C20H28N2O7. The van der Waals surface area contributed by atoms with Crippen LogP contribution in [0.3, 0.4) is 0 Å². The minimum atomic E-state index is -0.799. The van der Waals surface area contributed by atoms with Gasteiger partial charge in [0.1, 0.15) is 11.9 Å². The van der Waals surface area contributed by atoms with Gasteiger partial charge in [-0.25, -0.2) is 4.79 Å². The van der Waals surface area contributed by atoms with Crippen molar-refractivity contribution in [3.05, 3.63) is 24.3 Å². The third kappa shape index (κ3) is 5.37. The maximum absolute atomic E-state index is 13.1. The predicted octanol–water partition coefficient (Wildman–Crippen LogP) is 1.40. The summed E-state index contributed by atoms with van der Waals surface area (Å²) in [6.07, 6.45) is -0.0836. The SMILES string of the molecule is COC(=O)C[C@H]1CC[C@H]2[C@@H](COC[C@H](O)CN2C(=O)Nc2ccccc2OC)O1. The fraction of sp³-hybridized carbons (Fsp3) is 0.600. The average Bonchev–Trinajstić information content (AvgIpc) is 2.71. The number of benzene rings is 1. The van der Waals surface area contributed by atoms with E-state index >= 15 is 0 Å². The molecule has 1 aromatic rings. The smallest absolute Gasteiger partial charge is 0.322 e. The van der Waals surface area contributed by atoms with Crippen molar-refractivity contribution in [2.24, 2.45) is 0 Å². The van der Waals surface area contributed by atoms with E-state index in [1.165, 1.54) is 14.2 Å². The quantitative estimate of drug-likeness (QED) is 0.725. The van der Waals surface area contributed by atoms with E-state index in [1.807, 2.05) is 6.07 Å². The molecule has 2 aliphatic rings. The van der Waals surface area contributed by atoms with Crippen LogP contribution in [-0.2, 0) is 19.0 Å². The summed E-state index contributed by atoms with van der Waals surface area (Å²) in [6, 6.07) is 6.50. The number of carbonyl (C=O) groups excluding carboxylic acids is 2. The number of fused-ring (bicyclic) bond motifs is 1. The number of nitrogens with zero attached hydrogens (tertiary/aromatic N) is 1. The van der Waals surface area contributed by atoms with Crippen molar-refractivity contribution in [2.45, 2.75) is 43.6 Å². The highest BCUT2D eigenvalue weighted by atomic mass is 16.6. The standard InChI is InChI=1S/C20H28N2O7/c1-26-17-6-4-3-5-15(17)21-20(25)22-10-13(23)11-28-12-18-16(22)8-7-14(29-18)9-19(24)27-2/h3-6,13-14,16,18,23H,7-12H2,1-2H3,(H,21,25)/t13-,14-,16+,18-/m1/s1. The molecule has 9 nitrogen and oxygen atoms in total. The summed E-state index contributed by atoms with van der Waals surface area (Å²) >= 11 is 0. The topological polar surface area (TPSA) is 107 Å². The Labute approximate surface area is 169 Å². The third-order valence-electron chi connectivity index (χ3n) is 5.21. The van der Waals surface area contributed by atoms with Crippen molar-refractivity contribution in [3.8, 4) is 5.75 Å². The summed E-state index contributed by atoms with van der Waals surface area (Å²) in [5.74, 6) is 0.216. The predicted molar refractivity (Wildman–Crippen MR) is 104 cm³/mol. The van der Waals surface area contributed by atoms with E-state index in [0.29, 0.717) is 24.3 Å². The molecule has 4 atom stereocenters. The number of aliphatic hydroxyl groups is 1. The number of aliphatic hydroxyl groups excluding tert-OH is 1. The first kappa shape index (κ1) is 21.4. The second-order valence-electron chi connectivity index (χ2n) is 7.20. The second kappa shape index (κ2) is 9.91. The maximum Gasteiger partial charge on any atom is 0.322 e. The van der Waals surface area contributed by atoms with Gasteiger partial charge < -0.3 is 34.3 Å². The Morgan fingerprint density at radius 1 is 1.24 bits per heavy atom. The molecule has 0 bridgehead atoms. The van der Waals surface area contributed by atoms with E-state index in [2.05, 4.69) is 5.32 Å². The molecule has 3 rings (SSSR count). The lowest BCUT2D eigenvalue weighted by molar-refractivity contribution is -0.159. The van der Waals surface area contributed by atoms with Gasteiger partial charge in [0.05, 0.1) is 64.3 Å². The van der Waals surface area contributed by atoms with Crippen molar-refractivity contribution in [1.82, 2.24) is 4.90 Å². The lowest BCUT2D eigenvalue weighted by Gasteiger charge is -2.44. The van der Waals surface area contributed by atoms with Gasteiger partial charge in [-0.2, -0.15) is 0 Å². The average molecular weight is 408 g/mol. The molecule has 2 fully saturated rings. The highest BCUT2D eigenvalue weighted by molar-refractivity contribution is 5.91. The van der Waals surface area contributed by atoms with Crippen molar-refractivity contribution < 1.29 is 33.6 Å². The molecule has 2 aliphatic heterocycles. The van der Waals surface area contributed by atoms with Crippen LogP contribution in [0.2, 0.25) is 0 Å². The number of para-hydroxylation sites is 2. The van der Waals surface area contributed by atoms with Gasteiger partial charge in [-0.3, -0.25) is 4.79 Å². The molecule has 0 unspecified atom stereocenters. The first-order valence-electron chi connectivity index (χ1n) is 9.70. The lowest BCUT2D eigenvalue weighted by Crippen LogP contribution is -2.58. The Kier molecular flexibility index (Phi) is 7.29. The fourth-order valence-electron chi connectivity index (χ4n) is 3.78. The molecule has 29 heavy (non-hydrogen) atoms. The van der Waals surface area contributed by atoms with E-state index in [0.717, 1.165) is 0 Å². The fourth-order valence-corrected chi connectivity index (χ4v) is 3.78. The zero-order chi connectivity index (χ0) is 20.8. The summed E-state index contributed by atoms with van der Waals surface area (Å²) in [5.41, 5.74) is 0.546. The molecule has 0 aliphatic carbocycles. The van der Waals surface area contributed by atoms with Crippen LogP contribution in [0.5, 0.6) is 5.75 Å². The lowest BCUT2D eigenvalue weighted by atomic mass is 9.95. The maximum atomic E-state index is 13.1. The Morgan fingerprint density at radius 2 is 2.03 bits per heavy atom. The molecule has 2 amide bonds. The number of amides is 2. The number of nitrogens with one attached hydrogen (secondary N) is 1. The van der Waals surface area contributed by atoms with Gasteiger partial charge in [0.2, 0.25) is 0 Å². The molecule has 160 valence electrons. The van der Waals surface area contributed by atoms with E-state index in [-0.39, 0.29) is 50.3 Å². The van der Waals surface area contributed by atoms with Gasteiger partial charge in [0.15, 0.2) is 0 Å². The highest BCUT2D eigenvalue weighted by Gasteiger charge is 2.40. The Bertz CT molecular complexity index is 714. The molecular weight excluding hydrogens is 380 g/mol. The largest absolute Gasteiger partial charge is 0.495 e. The number of urea groups is 1. The molecule has 1 aromatic carbocycles. The molecule has 0 aromatic heterocycles.